The van der Waals surface area contributed by atoms with E-state index in [0.717, 1.165) is 4.53 Å². The average molecular weight is 468 g/mol. The van der Waals surface area contributed by atoms with Gasteiger partial charge in [-0.1, -0.05) is 87.2 Å². The number of aromatic nitrogens is 1. The first-order valence-corrected chi connectivity index (χ1v) is 12.9. The Morgan fingerprint density at radius 1 is 0.743 bits per heavy atom. The summed E-state index contributed by atoms with van der Waals surface area (Å²) in [6, 6.07) is 31.0. The van der Waals surface area contributed by atoms with Gasteiger partial charge in [0.25, 0.3) is 0 Å². The van der Waals surface area contributed by atoms with E-state index in [9.17, 15) is 0 Å². The molecule has 0 spiro atoms. The molecule has 168 valence electrons. The third kappa shape index (κ3) is 2.87. The lowest BCUT2D eigenvalue weighted by Gasteiger charge is -2.21. The lowest BCUT2D eigenvalue weighted by molar-refractivity contribution is 0.661. The quantitative estimate of drug-likeness (QED) is 0.246. The summed E-state index contributed by atoms with van der Waals surface area (Å²) in [4.78, 5) is 0. The second-order valence-corrected chi connectivity index (χ2v) is 11.1. The van der Waals surface area contributed by atoms with Gasteiger partial charge in [-0.05, 0) is 57.8 Å². The Hall–Kier alpha value is -3.88. The molecule has 2 heterocycles. The number of fused-ring (bicyclic) bond motifs is 7. The maximum absolute atomic E-state index is 4.29. The predicted molar refractivity (Wildman–Crippen MR) is 153 cm³/mol. The Labute approximate surface area is 208 Å². The maximum atomic E-state index is 4.29. The van der Waals surface area contributed by atoms with Crippen LogP contribution in [0.3, 0.4) is 0 Å². The van der Waals surface area contributed by atoms with Crippen molar-refractivity contribution in [2.45, 2.75) is 19.3 Å². The Morgan fingerprint density at radius 3 is 2.37 bits per heavy atom. The molecule has 0 atom stereocenters. The van der Waals surface area contributed by atoms with Crippen LogP contribution in [0.2, 0.25) is 0 Å². The van der Waals surface area contributed by atoms with Gasteiger partial charge in [0.1, 0.15) is 0 Å². The van der Waals surface area contributed by atoms with Crippen molar-refractivity contribution in [3.63, 3.8) is 0 Å². The van der Waals surface area contributed by atoms with Gasteiger partial charge in [0.2, 0.25) is 0 Å². The van der Waals surface area contributed by atoms with E-state index in [1.165, 1.54) is 59.4 Å². The summed E-state index contributed by atoms with van der Waals surface area (Å²) >= 11 is 1.76. The van der Waals surface area contributed by atoms with Crippen LogP contribution in [0.5, 0.6) is 0 Å². The van der Waals surface area contributed by atoms with Crippen LogP contribution in [0.25, 0.3) is 61.9 Å². The fraction of sp³-hybridized carbons (Fsp3) is 0.0909. The molecular weight excluding hydrogens is 442 g/mol. The smallest absolute Gasteiger partial charge is 0.0538 e. The Bertz CT molecular complexity index is 1940. The highest BCUT2D eigenvalue weighted by Gasteiger charge is 2.35. The molecule has 7 rings (SSSR count). The molecule has 0 saturated heterocycles. The predicted octanol–water partition coefficient (Wildman–Crippen LogP) is 7.68. The van der Waals surface area contributed by atoms with Crippen molar-refractivity contribution in [3.8, 4) is 11.1 Å². The minimum Gasteiger partial charge on any atom is -0.316 e. The molecule has 0 bridgehead atoms. The summed E-state index contributed by atoms with van der Waals surface area (Å²) in [6.07, 6.45) is 6.58. The van der Waals surface area contributed by atoms with Gasteiger partial charge in [-0.25, -0.2) is 0 Å². The van der Waals surface area contributed by atoms with Gasteiger partial charge < -0.3 is 4.57 Å². The third-order valence-electron chi connectivity index (χ3n) is 7.62. The molecule has 0 fully saturated rings. The zero-order chi connectivity index (χ0) is 23.7. The highest BCUT2D eigenvalue weighted by molar-refractivity contribution is 7.17. The van der Waals surface area contributed by atoms with Crippen LogP contribution in [-0.2, 0) is 5.41 Å². The van der Waals surface area contributed by atoms with Crippen molar-refractivity contribution in [3.05, 3.63) is 112 Å². The standard InChI is InChI=1S/C33H25NS/c1-21-22(25-13-6-9-17-32(25)35-21)14-10-18-34-30-16-8-5-12-24(30)27-19-26-23-11-4-7-15-28(23)33(2,3)29(26)20-31(27)34/h4-20H,1H2,2-3H3/b18-10-,22-14+. The van der Waals surface area contributed by atoms with Crippen molar-refractivity contribution in [2.24, 2.45) is 0 Å². The Kier molecular flexibility index (Phi) is 4.28. The highest BCUT2D eigenvalue weighted by Crippen LogP contribution is 2.50. The van der Waals surface area contributed by atoms with Crippen LogP contribution in [0.15, 0.2) is 91.0 Å². The number of thiophene rings is 1. The normalized spacial score (nSPS) is 15.0. The van der Waals surface area contributed by atoms with Gasteiger partial charge in [0, 0.05) is 37.0 Å². The summed E-state index contributed by atoms with van der Waals surface area (Å²) in [5, 5.41) is 5.07. The Balaban J connectivity index is 1.48. The first kappa shape index (κ1) is 20.5. The number of hydrogen-bond donors (Lipinski definition) is 0. The van der Waals surface area contributed by atoms with E-state index >= 15 is 0 Å². The van der Waals surface area contributed by atoms with Crippen LogP contribution in [0.1, 0.15) is 25.0 Å². The van der Waals surface area contributed by atoms with Crippen LogP contribution in [-0.4, -0.2) is 4.57 Å². The summed E-state index contributed by atoms with van der Waals surface area (Å²) in [5.41, 5.74) is 8.00. The molecule has 0 saturated carbocycles. The van der Waals surface area contributed by atoms with E-state index in [1.54, 1.807) is 11.3 Å². The molecule has 2 aromatic heterocycles. The number of rotatable bonds is 2. The Morgan fingerprint density at radius 2 is 1.49 bits per heavy atom. The lowest BCUT2D eigenvalue weighted by atomic mass is 9.82. The molecule has 0 aliphatic heterocycles. The van der Waals surface area contributed by atoms with E-state index < -0.39 is 0 Å². The maximum Gasteiger partial charge on any atom is 0.0538 e. The van der Waals surface area contributed by atoms with Crippen LogP contribution >= 0.6 is 11.3 Å². The number of allylic oxidation sites excluding steroid dienone is 1. The molecule has 0 amide bonds. The first-order chi connectivity index (χ1) is 17.0. The molecule has 4 aromatic carbocycles. The largest absolute Gasteiger partial charge is 0.316 e. The van der Waals surface area contributed by atoms with Crippen molar-refractivity contribution in [2.75, 3.05) is 0 Å². The monoisotopic (exact) mass is 467 g/mol. The van der Waals surface area contributed by atoms with Gasteiger partial charge in [0.15, 0.2) is 0 Å². The zero-order valence-electron chi connectivity index (χ0n) is 19.9. The van der Waals surface area contributed by atoms with E-state index in [0.29, 0.717) is 0 Å². The highest BCUT2D eigenvalue weighted by atomic mass is 32.1. The number of nitrogens with zero attached hydrogens (tertiary/aromatic N) is 1. The van der Waals surface area contributed by atoms with E-state index in [-0.39, 0.29) is 5.41 Å². The van der Waals surface area contributed by atoms with E-state index in [1.807, 2.05) is 0 Å². The molecule has 0 N–H and O–H groups in total. The molecule has 1 nitrogen and oxygen atoms in total. The van der Waals surface area contributed by atoms with Crippen LogP contribution < -0.4 is 9.75 Å². The minimum absolute atomic E-state index is 0.0182. The summed E-state index contributed by atoms with van der Waals surface area (Å²) in [7, 11) is 0. The SMILES string of the molecule is C=c1sc2ccccc2/c1=C/C=C\n1c2ccccc2c2cc3c(cc21)C(C)(C)c1ccccc1-3. The van der Waals surface area contributed by atoms with Gasteiger partial charge in [-0.2, -0.15) is 0 Å². The molecule has 1 aliphatic rings. The van der Waals surface area contributed by atoms with Crippen LogP contribution in [0, 0.1) is 0 Å². The van der Waals surface area contributed by atoms with Crippen molar-refractivity contribution in [1.29, 1.82) is 0 Å². The molecule has 35 heavy (non-hydrogen) atoms. The topological polar surface area (TPSA) is 4.93 Å². The number of hydrogen-bond acceptors (Lipinski definition) is 1. The van der Waals surface area contributed by atoms with Crippen molar-refractivity contribution >= 4 is 62.1 Å². The molecular formula is C33H25NS. The first-order valence-electron chi connectivity index (χ1n) is 12.1. The summed E-state index contributed by atoms with van der Waals surface area (Å²) < 4.78 is 4.74. The van der Waals surface area contributed by atoms with Gasteiger partial charge >= 0.3 is 0 Å². The van der Waals surface area contributed by atoms with Crippen LogP contribution in [0.4, 0.5) is 0 Å². The molecule has 6 aromatic rings. The third-order valence-corrected chi connectivity index (χ3v) is 8.66. The fourth-order valence-corrected chi connectivity index (χ4v) is 6.87. The van der Waals surface area contributed by atoms with Gasteiger partial charge in [-0.15, -0.1) is 11.3 Å². The lowest BCUT2D eigenvalue weighted by Crippen LogP contribution is -2.15. The number of para-hydroxylation sites is 1. The van der Waals surface area contributed by atoms with E-state index in [4.69, 9.17) is 0 Å². The number of benzene rings is 4. The molecule has 0 radical (unpaired) electrons. The zero-order valence-corrected chi connectivity index (χ0v) is 20.7. The van der Waals surface area contributed by atoms with Gasteiger partial charge in [0.05, 0.1) is 11.0 Å². The second-order valence-electron chi connectivity index (χ2n) is 9.92. The average Bonchev–Trinajstić information content (AvgIpc) is 3.44. The minimum atomic E-state index is -0.0182. The summed E-state index contributed by atoms with van der Waals surface area (Å²) in [5.74, 6) is 0. The summed E-state index contributed by atoms with van der Waals surface area (Å²) in [6.45, 7) is 8.98. The molecule has 1 aliphatic carbocycles. The van der Waals surface area contributed by atoms with Gasteiger partial charge in [-0.3, -0.25) is 0 Å². The van der Waals surface area contributed by atoms with Crippen molar-refractivity contribution < 1.29 is 0 Å². The fourth-order valence-electron chi connectivity index (χ4n) is 5.88. The van der Waals surface area contributed by atoms with E-state index in [2.05, 4.69) is 128 Å². The molecule has 2 heteroatoms. The van der Waals surface area contributed by atoms with Crippen molar-refractivity contribution in [1.82, 2.24) is 4.57 Å². The second kappa shape index (κ2) is 7.31. The molecule has 0 unspecified atom stereocenters.